The fourth-order valence-corrected chi connectivity index (χ4v) is 3.17. The number of hydrogen-bond acceptors (Lipinski definition) is 3. The molecule has 1 saturated carbocycles. The van der Waals surface area contributed by atoms with Crippen LogP contribution in [0.1, 0.15) is 69.2 Å². The van der Waals surface area contributed by atoms with E-state index in [2.05, 4.69) is 27.5 Å². The highest BCUT2D eigenvalue weighted by Crippen LogP contribution is 2.26. The zero-order valence-electron chi connectivity index (χ0n) is 15.4. The van der Waals surface area contributed by atoms with Crippen molar-refractivity contribution in [1.29, 1.82) is 0 Å². The summed E-state index contributed by atoms with van der Waals surface area (Å²) in [5.41, 5.74) is 0.945. The van der Waals surface area contributed by atoms with Crippen LogP contribution < -0.4 is 10.6 Å². The number of rotatable bonds is 7. The topological polar surface area (TPSA) is 62.5 Å². The quantitative estimate of drug-likeness (QED) is 0.282. The molecule has 138 valence electrons. The van der Waals surface area contributed by atoms with Crippen LogP contribution in [0.25, 0.3) is 0 Å². The van der Waals surface area contributed by atoms with E-state index in [9.17, 15) is 0 Å². The van der Waals surface area contributed by atoms with Crippen LogP contribution in [0, 0.1) is 19.8 Å². The first-order valence-electron chi connectivity index (χ1n) is 9.14. The lowest BCUT2D eigenvalue weighted by molar-refractivity contribution is 0.332. The molecule has 5 nitrogen and oxygen atoms in total. The van der Waals surface area contributed by atoms with Crippen molar-refractivity contribution >= 4 is 29.9 Å². The molecule has 2 N–H and O–H groups in total. The van der Waals surface area contributed by atoms with Gasteiger partial charge in [-0.2, -0.15) is 0 Å². The zero-order valence-corrected chi connectivity index (χ0v) is 17.7. The molecule has 0 unspecified atom stereocenters. The van der Waals surface area contributed by atoms with Crippen LogP contribution in [-0.2, 0) is 6.54 Å². The Morgan fingerprint density at radius 1 is 1.21 bits per heavy atom. The minimum atomic E-state index is 0. The maximum absolute atomic E-state index is 5.57. The molecule has 0 aromatic carbocycles. The molecule has 1 aromatic heterocycles. The van der Waals surface area contributed by atoms with Crippen molar-refractivity contribution in [3.63, 3.8) is 0 Å². The van der Waals surface area contributed by atoms with E-state index in [-0.39, 0.29) is 24.0 Å². The summed E-state index contributed by atoms with van der Waals surface area (Å²) in [5, 5.41) is 6.70. The second-order valence-electron chi connectivity index (χ2n) is 6.52. The zero-order chi connectivity index (χ0) is 16.5. The lowest BCUT2D eigenvalue weighted by Crippen LogP contribution is -2.37. The average molecular weight is 448 g/mol. The Kier molecular flexibility index (Phi) is 10.4. The molecule has 6 heteroatoms. The molecular formula is C18H33IN4O. The van der Waals surface area contributed by atoms with Crippen molar-refractivity contribution in [1.82, 2.24) is 15.6 Å². The van der Waals surface area contributed by atoms with Gasteiger partial charge in [-0.05, 0) is 39.5 Å². The average Bonchev–Trinajstić information content (AvgIpc) is 2.88. The first kappa shape index (κ1) is 21.3. The minimum absolute atomic E-state index is 0. The highest BCUT2D eigenvalue weighted by Gasteiger charge is 2.12. The molecule has 2 rings (SSSR count). The van der Waals surface area contributed by atoms with Crippen molar-refractivity contribution in [2.24, 2.45) is 10.9 Å². The van der Waals surface area contributed by atoms with Crippen LogP contribution in [0.5, 0.6) is 0 Å². The molecule has 1 aromatic rings. The number of guanidine groups is 1. The number of aliphatic imine (C=N–C) groups is 1. The Bertz CT molecular complexity index is 476. The number of halogens is 1. The fraction of sp³-hybridized carbons (Fsp3) is 0.778. The van der Waals surface area contributed by atoms with E-state index in [0.29, 0.717) is 12.4 Å². The summed E-state index contributed by atoms with van der Waals surface area (Å²) in [4.78, 5) is 8.93. The van der Waals surface area contributed by atoms with E-state index < -0.39 is 0 Å². The van der Waals surface area contributed by atoms with Crippen molar-refractivity contribution in [3.8, 4) is 0 Å². The summed E-state index contributed by atoms with van der Waals surface area (Å²) >= 11 is 0. The molecule has 1 aliphatic carbocycles. The van der Waals surface area contributed by atoms with Crippen molar-refractivity contribution in [3.05, 3.63) is 17.3 Å². The second kappa shape index (κ2) is 11.7. The number of oxazole rings is 1. The lowest BCUT2D eigenvalue weighted by Gasteiger charge is -2.21. The van der Waals surface area contributed by atoms with E-state index in [1.165, 1.54) is 44.9 Å². The number of hydrogen-bond donors (Lipinski definition) is 2. The summed E-state index contributed by atoms with van der Waals surface area (Å²) in [6.07, 6.45) is 9.70. The van der Waals surface area contributed by atoms with Gasteiger partial charge in [0.1, 0.15) is 12.3 Å². The third-order valence-electron chi connectivity index (χ3n) is 4.60. The SMILES string of the molecule is CCNC(=NCc1nc(C)c(C)o1)NCCCC1CCCCC1.I. The van der Waals surface area contributed by atoms with E-state index in [1.54, 1.807) is 0 Å². The smallest absolute Gasteiger partial charge is 0.216 e. The predicted molar refractivity (Wildman–Crippen MR) is 110 cm³/mol. The van der Waals surface area contributed by atoms with Gasteiger partial charge in [-0.3, -0.25) is 0 Å². The molecule has 0 spiro atoms. The third-order valence-corrected chi connectivity index (χ3v) is 4.60. The number of aromatic nitrogens is 1. The van der Waals surface area contributed by atoms with Crippen LogP contribution in [0.4, 0.5) is 0 Å². The molecule has 0 radical (unpaired) electrons. The normalized spacial score (nSPS) is 15.9. The van der Waals surface area contributed by atoms with Gasteiger partial charge in [-0.1, -0.05) is 32.1 Å². The predicted octanol–water partition coefficient (Wildman–Crippen LogP) is 4.33. The summed E-state index contributed by atoms with van der Waals surface area (Å²) in [6.45, 7) is 8.29. The van der Waals surface area contributed by atoms with Gasteiger partial charge >= 0.3 is 0 Å². The Balaban J connectivity index is 0.00000288. The van der Waals surface area contributed by atoms with Gasteiger partial charge < -0.3 is 15.1 Å². The van der Waals surface area contributed by atoms with Gasteiger partial charge in [0.25, 0.3) is 0 Å². The largest absolute Gasteiger partial charge is 0.444 e. The van der Waals surface area contributed by atoms with E-state index in [1.807, 2.05) is 13.8 Å². The van der Waals surface area contributed by atoms with Gasteiger partial charge in [0.15, 0.2) is 5.96 Å². The number of nitrogens with zero attached hydrogens (tertiary/aromatic N) is 2. The Morgan fingerprint density at radius 3 is 2.58 bits per heavy atom. The number of nitrogens with one attached hydrogen (secondary N) is 2. The van der Waals surface area contributed by atoms with Crippen LogP contribution >= 0.6 is 24.0 Å². The number of aryl methyl sites for hydroxylation is 2. The van der Waals surface area contributed by atoms with Crippen LogP contribution in [0.15, 0.2) is 9.41 Å². The monoisotopic (exact) mass is 448 g/mol. The third kappa shape index (κ3) is 7.40. The molecule has 0 amide bonds. The van der Waals surface area contributed by atoms with Crippen molar-refractivity contribution in [2.45, 2.75) is 72.3 Å². The van der Waals surface area contributed by atoms with Crippen molar-refractivity contribution < 1.29 is 4.42 Å². The Labute approximate surface area is 163 Å². The van der Waals surface area contributed by atoms with Crippen LogP contribution in [0.3, 0.4) is 0 Å². The molecule has 1 aliphatic rings. The molecule has 0 atom stereocenters. The highest BCUT2D eigenvalue weighted by molar-refractivity contribution is 14.0. The molecule has 0 aliphatic heterocycles. The molecule has 24 heavy (non-hydrogen) atoms. The summed E-state index contributed by atoms with van der Waals surface area (Å²) in [6, 6.07) is 0. The molecule has 0 saturated heterocycles. The van der Waals surface area contributed by atoms with Crippen LogP contribution in [0.2, 0.25) is 0 Å². The van der Waals surface area contributed by atoms with Crippen LogP contribution in [-0.4, -0.2) is 24.0 Å². The van der Waals surface area contributed by atoms with Crippen molar-refractivity contribution in [2.75, 3.05) is 13.1 Å². The molecular weight excluding hydrogens is 415 g/mol. The Morgan fingerprint density at radius 2 is 1.96 bits per heavy atom. The summed E-state index contributed by atoms with van der Waals surface area (Å²) in [5.74, 6) is 3.35. The maximum Gasteiger partial charge on any atom is 0.216 e. The van der Waals surface area contributed by atoms with E-state index >= 15 is 0 Å². The van der Waals surface area contributed by atoms with E-state index in [4.69, 9.17) is 4.42 Å². The second-order valence-corrected chi connectivity index (χ2v) is 6.52. The van der Waals surface area contributed by atoms with Gasteiger partial charge in [0.2, 0.25) is 5.89 Å². The summed E-state index contributed by atoms with van der Waals surface area (Å²) < 4.78 is 5.57. The highest BCUT2D eigenvalue weighted by atomic mass is 127. The minimum Gasteiger partial charge on any atom is -0.444 e. The Hall–Kier alpha value is -0.790. The fourth-order valence-electron chi connectivity index (χ4n) is 3.17. The first-order chi connectivity index (χ1) is 11.2. The standard InChI is InChI=1S/C18H32N4O.HI/c1-4-19-18(21-13-17-22-14(2)15(3)23-17)20-12-8-11-16-9-6-5-7-10-16;/h16H,4-13H2,1-3H3,(H2,19,20,21);1H. The molecule has 0 bridgehead atoms. The first-order valence-corrected chi connectivity index (χ1v) is 9.14. The lowest BCUT2D eigenvalue weighted by atomic mass is 9.86. The molecule has 1 fully saturated rings. The molecule has 1 heterocycles. The van der Waals surface area contributed by atoms with Gasteiger partial charge in [0, 0.05) is 13.1 Å². The van der Waals surface area contributed by atoms with Gasteiger partial charge in [0.05, 0.1) is 5.69 Å². The summed E-state index contributed by atoms with van der Waals surface area (Å²) in [7, 11) is 0. The van der Waals surface area contributed by atoms with E-state index in [0.717, 1.165) is 36.4 Å². The van der Waals surface area contributed by atoms with Gasteiger partial charge in [-0.25, -0.2) is 9.98 Å². The van der Waals surface area contributed by atoms with Gasteiger partial charge in [-0.15, -0.1) is 24.0 Å². The maximum atomic E-state index is 5.57.